The second kappa shape index (κ2) is 10.0. The van der Waals surface area contributed by atoms with Crippen LogP contribution in [0, 0.1) is 11.6 Å². The summed E-state index contributed by atoms with van der Waals surface area (Å²) < 4.78 is 33.3. The molecule has 0 bridgehead atoms. The van der Waals surface area contributed by atoms with E-state index in [9.17, 15) is 13.6 Å². The van der Waals surface area contributed by atoms with Gasteiger partial charge in [0.1, 0.15) is 11.6 Å². The van der Waals surface area contributed by atoms with E-state index >= 15 is 0 Å². The summed E-state index contributed by atoms with van der Waals surface area (Å²) in [7, 11) is 0. The van der Waals surface area contributed by atoms with Crippen molar-refractivity contribution in [1.82, 2.24) is 10.3 Å². The second-order valence-electron chi connectivity index (χ2n) is 7.39. The minimum atomic E-state index is -0.724. The maximum Gasteiger partial charge on any atom is 0.220 e. The van der Waals surface area contributed by atoms with E-state index in [0.29, 0.717) is 6.54 Å². The van der Waals surface area contributed by atoms with Crippen molar-refractivity contribution in [3.8, 4) is 11.3 Å². The van der Waals surface area contributed by atoms with Crippen LogP contribution >= 0.6 is 0 Å². The largest absolute Gasteiger partial charge is 0.441 e. The molecular weight excluding hydrogens is 410 g/mol. The Labute approximate surface area is 184 Å². The predicted molar refractivity (Wildman–Crippen MR) is 118 cm³/mol. The highest BCUT2D eigenvalue weighted by molar-refractivity contribution is 5.76. The van der Waals surface area contributed by atoms with Gasteiger partial charge in [-0.25, -0.2) is 13.8 Å². The first-order valence-electron chi connectivity index (χ1n) is 10.4. The fourth-order valence-electron chi connectivity index (χ4n) is 3.60. The summed E-state index contributed by atoms with van der Waals surface area (Å²) in [4.78, 5) is 16.5. The van der Waals surface area contributed by atoms with Gasteiger partial charge in [-0.05, 0) is 23.3 Å². The number of benzene rings is 3. The summed E-state index contributed by atoms with van der Waals surface area (Å²) >= 11 is 0. The van der Waals surface area contributed by atoms with E-state index < -0.39 is 11.6 Å². The first-order chi connectivity index (χ1) is 15.6. The quantitative estimate of drug-likeness (QED) is 0.400. The van der Waals surface area contributed by atoms with Crippen molar-refractivity contribution in [3.63, 3.8) is 0 Å². The smallest absolute Gasteiger partial charge is 0.220 e. The third-order valence-corrected chi connectivity index (χ3v) is 5.24. The maximum atomic E-state index is 13.9. The molecule has 0 spiro atoms. The fourth-order valence-corrected chi connectivity index (χ4v) is 3.60. The number of halogens is 2. The number of nitrogens with one attached hydrogen (secondary N) is 1. The molecular formula is C26H22F2N2O2. The van der Waals surface area contributed by atoms with Crippen molar-refractivity contribution in [2.75, 3.05) is 6.54 Å². The van der Waals surface area contributed by atoms with Gasteiger partial charge in [-0.1, -0.05) is 66.7 Å². The highest BCUT2D eigenvalue weighted by Crippen LogP contribution is 2.27. The monoisotopic (exact) mass is 432 g/mol. The van der Waals surface area contributed by atoms with Crippen LogP contribution in [0.1, 0.15) is 29.4 Å². The molecule has 32 heavy (non-hydrogen) atoms. The molecule has 0 saturated heterocycles. The third kappa shape index (κ3) is 5.09. The first kappa shape index (κ1) is 21.4. The molecule has 1 N–H and O–H groups in total. The van der Waals surface area contributed by atoms with Crippen molar-refractivity contribution in [2.45, 2.75) is 18.8 Å². The van der Waals surface area contributed by atoms with Crippen LogP contribution in [0.3, 0.4) is 0 Å². The molecule has 1 heterocycles. The molecule has 0 aliphatic carbocycles. The molecule has 1 aromatic heterocycles. The van der Waals surface area contributed by atoms with Gasteiger partial charge in [0.05, 0.1) is 11.8 Å². The molecule has 0 aliphatic rings. The average Bonchev–Trinajstić information content (AvgIpc) is 3.28. The average molecular weight is 432 g/mol. The number of hydrogen-bond donors (Lipinski definition) is 1. The highest BCUT2D eigenvalue weighted by atomic mass is 19.1. The van der Waals surface area contributed by atoms with Crippen LogP contribution in [0.15, 0.2) is 89.5 Å². The van der Waals surface area contributed by atoms with Gasteiger partial charge in [-0.15, -0.1) is 0 Å². The van der Waals surface area contributed by atoms with E-state index in [2.05, 4.69) is 10.3 Å². The molecule has 0 aliphatic heterocycles. The van der Waals surface area contributed by atoms with E-state index in [-0.39, 0.29) is 41.9 Å². The van der Waals surface area contributed by atoms with E-state index in [0.717, 1.165) is 23.3 Å². The van der Waals surface area contributed by atoms with Crippen LogP contribution in [0.2, 0.25) is 0 Å². The molecule has 0 atom stereocenters. The van der Waals surface area contributed by atoms with Gasteiger partial charge in [0.15, 0.2) is 11.7 Å². The number of nitrogens with zero attached hydrogens (tertiary/aromatic N) is 1. The van der Waals surface area contributed by atoms with Crippen molar-refractivity contribution in [1.29, 1.82) is 0 Å². The van der Waals surface area contributed by atoms with E-state index in [1.54, 1.807) is 0 Å². The van der Waals surface area contributed by atoms with Gasteiger partial charge in [0.2, 0.25) is 5.91 Å². The van der Waals surface area contributed by atoms with E-state index in [4.69, 9.17) is 4.42 Å². The van der Waals surface area contributed by atoms with Gasteiger partial charge in [0.25, 0.3) is 0 Å². The Bertz CT molecular complexity index is 1120. The van der Waals surface area contributed by atoms with Crippen LogP contribution in [-0.2, 0) is 11.2 Å². The normalized spacial score (nSPS) is 11.0. The van der Waals surface area contributed by atoms with Crippen molar-refractivity contribution in [2.24, 2.45) is 0 Å². The number of aryl methyl sites for hydroxylation is 1. The van der Waals surface area contributed by atoms with Gasteiger partial charge < -0.3 is 9.73 Å². The zero-order valence-corrected chi connectivity index (χ0v) is 17.3. The lowest BCUT2D eigenvalue weighted by atomic mass is 9.91. The molecule has 4 nitrogen and oxygen atoms in total. The van der Waals surface area contributed by atoms with Crippen LogP contribution < -0.4 is 5.32 Å². The van der Waals surface area contributed by atoms with Crippen LogP contribution in [-0.4, -0.2) is 17.4 Å². The van der Waals surface area contributed by atoms with Gasteiger partial charge in [-0.3, -0.25) is 4.79 Å². The zero-order valence-electron chi connectivity index (χ0n) is 17.3. The van der Waals surface area contributed by atoms with E-state index in [1.807, 2.05) is 60.7 Å². The summed E-state index contributed by atoms with van der Waals surface area (Å²) in [5, 5.41) is 2.98. The molecule has 0 radical (unpaired) electrons. The predicted octanol–water partition coefficient (Wildman–Crippen LogP) is 5.50. The van der Waals surface area contributed by atoms with Gasteiger partial charge >= 0.3 is 0 Å². The Morgan fingerprint density at radius 2 is 1.47 bits per heavy atom. The topological polar surface area (TPSA) is 55.1 Å². The second-order valence-corrected chi connectivity index (χ2v) is 7.39. The van der Waals surface area contributed by atoms with Crippen LogP contribution in [0.5, 0.6) is 0 Å². The fraction of sp³-hybridized carbons (Fsp3) is 0.154. The molecule has 0 saturated carbocycles. The Balaban J connectivity index is 1.37. The minimum absolute atomic E-state index is 0.00391. The zero-order chi connectivity index (χ0) is 22.3. The van der Waals surface area contributed by atoms with Crippen molar-refractivity contribution in [3.05, 3.63) is 114 Å². The number of carbonyl (C=O) groups is 1. The lowest BCUT2D eigenvalue weighted by Gasteiger charge is -2.18. The third-order valence-electron chi connectivity index (χ3n) is 5.24. The Morgan fingerprint density at radius 1 is 0.875 bits per heavy atom. The summed E-state index contributed by atoms with van der Waals surface area (Å²) in [5.74, 6) is -1.32. The number of hydrogen-bond acceptors (Lipinski definition) is 3. The molecule has 1 amide bonds. The van der Waals surface area contributed by atoms with E-state index in [1.165, 1.54) is 12.3 Å². The molecule has 4 aromatic rings. The molecule has 3 aromatic carbocycles. The number of amides is 1. The van der Waals surface area contributed by atoms with Crippen molar-refractivity contribution < 1.29 is 18.0 Å². The summed E-state index contributed by atoms with van der Waals surface area (Å²) in [6.45, 7) is 0.449. The minimum Gasteiger partial charge on any atom is -0.441 e. The van der Waals surface area contributed by atoms with Crippen LogP contribution in [0.25, 0.3) is 11.3 Å². The maximum absolute atomic E-state index is 13.9. The van der Waals surface area contributed by atoms with Gasteiger partial charge in [-0.2, -0.15) is 0 Å². The van der Waals surface area contributed by atoms with Crippen molar-refractivity contribution >= 4 is 5.91 Å². The van der Waals surface area contributed by atoms with Crippen LogP contribution in [0.4, 0.5) is 8.78 Å². The Morgan fingerprint density at radius 3 is 2.06 bits per heavy atom. The summed E-state index contributed by atoms with van der Waals surface area (Å²) in [5.41, 5.74) is 1.97. The Hall–Kier alpha value is -3.80. The Kier molecular flexibility index (Phi) is 6.70. The molecule has 4 rings (SSSR count). The molecule has 0 unspecified atom stereocenters. The first-order valence-corrected chi connectivity index (χ1v) is 10.4. The number of rotatable bonds is 8. The highest BCUT2D eigenvalue weighted by Gasteiger charge is 2.18. The summed E-state index contributed by atoms with van der Waals surface area (Å²) in [6.07, 6.45) is 1.65. The molecule has 162 valence electrons. The lowest BCUT2D eigenvalue weighted by Crippen LogP contribution is -2.29. The number of oxazole rings is 1. The SMILES string of the molecule is O=C(CCc1ncc(-c2c(F)cccc2F)o1)NCC(c1ccccc1)c1ccccc1. The summed E-state index contributed by atoms with van der Waals surface area (Å²) in [6, 6.07) is 23.6. The van der Waals surface area contributed by atoms with Gasteiger partial charge in [0, 0.05) is 25.3 Å². The molecule has 6 heteroatoms. The number of carbonyl (C=O) groups excluding carboxylic acids is 1. The number of aromatic nitrogens is 1. The molecule has 0 fully saturated rings. The standard InChI is InChI=1S/C26H22F2N2O2/c27-21-12-7-13-22(28)26(21)23-17-30-25(32-23)15-14-24(31)29-16-20(18-8-3-1-4-9-18)19-10-5-2-6-11-19/h1-13,17,20H,14-16H2,(H,29,31). The lowest BCUT2D eigenvalue weighted by molar-refractivity contribution is -0.121.